The predicted octanol–water partition coefficient (Wildman–Crippen LogP) is 2.27. The molecule has 0 bridgehead atoms. The summed E-state index contributed by atoms with van der Waals surface area (Å²) in [5.41, 5.74) is 0.980. The zero-order valence-electron chi connectivity index (χ0n) is 12.3. The average molecular weight is 268 g/mol. The smallest absolute Gasteiger partial charge is 0.123 e. The van der Waals surface area contributed by atoms with Gasteiger partial charge < -0.3 is 10.1 Å². The van der Waals surface area contributed by atoms with Gasteiger partial charge in [-0.2, -0.15) is 0 Å². The molecule has 1 atom stereocenters. The molecule has 0 spiro atoms. The van der Waals surface area contributed by atoms with Crippen LogP contribution in [-0.2, 0) is 11.3 Å². The lowest BCUT2D eigenvalue weighted by Gasteiger charge is -2.28. The molecule has 1 aromatic carbocycles. The van der Waals surface area contributed by atoms with Crippen molar-refractivity contribution in [2.75, 3.05) is 27.3 Å². The Hall–Kier alpha value is -0.970. The largest absolute Gasteiger partial charge is 0.383 e. The number of halogens is 1. The van der Waals surface area contributed by atoms with Crippen molar-refractivity contribution in [3.8, 4) is 0 Å². The van der Waals surface area contributed by atoms with Gasteiger partial charge in [0.25, 0.3) is 0 Å². The second-order valence-electron chi connectivity index (χ2n) is 5.22. The summed E-state index contributed by atoms with van der Waals surface area (Å²) in [4.78, 5) is 2.19. The molecule has 0 amide bonds. The standard InChI is InChI=1S/C15H25FN2O/c1-12(2)17-9-15(11-19-4)18(3)10-13-6-5-7-14(16)8-13/h5-8,12,15,17H,9-11H2,1-4H3. The summed E-state index contributed by atoms with van der Waals surface area (Å²) < 4.78 is 18.4. The molecule has 0 aliphatic heterocycles. The molecule has 0 saturated heterocycles. The van der Waals surface area contributed by atoms with Crippen LogP contribution in [0, 0.1) is 5.82 Å². The van der Waals surface area contributed by atoms with E-state index in [2.05, 4.69) is 24.1 Å². The lowest BCUT2D eigenvalue weighted by Crippen LogP contribution is -2.44. The lowest BCUT2D eigenvalue weighted by molar-refractivity contribution is 0.100. The minimum absolute atomic E-state index is 0.186. The summed E-state index contributed by atoms with van der Waals surface area (Å²) in [5.74, 6) is -0.186. The number of methoxy groups -OCH3 is 1. The van der Waals surface area contributed by atoms with Crippen molar-refractivity contribution in [1.29, 1.82) is 0 Å². The molecule has 0 fully saturated rings. The van der Waals surface area contributed by atoms with Gasteiger partial charge in [0.1, 0.15) is 5.82 Å². The molecule has 0 saturated carbocycles. The van der Waals surface area contributed by atoms with E-state index in [1.165, 1.54) is 6.07 Å². The predicted molar refractivity (Wildman–Crippen MR) is 76.7 cm³/mol. The zero-order chi connectivity index (χ0) is 14.3. The molecular weight excluding hydrogens is 243 g/mol. The fraction of sp³-hybridized carbons (Fsp3) is 0.600. The number of hydrogen-bond acceptors (Lipinski definition) is 3. The zero-order valence-corrected chi connectivity index (χ0v) is 12.3. The topological polar surface area (TPSA) is 24.5 Å². The van der Waals surface area contributed by atoms with E-state index in [1.807, 2.05) is 13.1 Å². The molecule has 108 valence electrons. The minimum Gasteiger partial charge on any atom is -0.383 e. The monoisotopic (exact) mass is 268 g/mol. The first kappa shape index (κ1) is 16.1. The highest BCUT2D eigenvalue weighted by molar-refractivity contribution is 5.16. The van der Waals surface area contributed by atoms with Crippen molar-refractivity contribution in [3.63, 3.8) is 0 Å². The quantitative estimate of drug-likeness (QED) is 0.783. The van der Waals surface area contributed by atoms with Crippen LogP contribution in [0.4, 0.5) is 4.39 Å². The van der Waals surface area contributed by atoms with E-state index in [0.29, 0.717) is 19.2 Å². The molecule has 0 aliphatic carbocycles. The summed E-state index contributed by atoms with van der Waals surface area (Å²) in [7, 11) is 3.75. The number of nitrogens with one attached hydrogen (secondary N) is 1. The third kappa shape index (κ3) is 6.14. The molecule has 0 heterocycles. The molecule has 0 aromatic heterocycles. The van der Waals surface area contributed by atoms with Gasteiger partial charge >= 0.3 is 0 Å². The Balaban J connectivity index is 2.57. The maximum atomic E-state index is 13.2. The highest BCUT2D eigenvalue weighted by Gasteiger charge is 2.15. The third-order valence-electron chi connectivity index (χ3n) is 3.07. The average Bonchev–Trinajstić information content (AvgIpc) is 2.34. The number of hydrogen-bond donors (Lipinski definition) is 1. The van der Waals surface area contributed by atoms with Gasteiger partial charge in [0, 0.05) is 32.3 Å². The van der Waals surface area contributed by atoms with E-state index >= 15 is 0 Å². The Kier molecular flexibility index (Phi) is 6.99. The van der Waals surface area contributed by atoms with Gasteiger partial charge in [0.2, 0.25) is 0 Å². The highest BCUT2D eigenvalue weighted by Crippen LogP contribution is 2.08. The van der Waals surface area contributed by atoms with Crippen LogP contribution in [0.5, 0.6) is 0 Å². The van der Waals surface area contributed by atoms with Gasteiger partial charge in [0.15, 0.2) is 0 Å². The second kappa shape index (κ2) is 8.25. The van der Waals surface area contributed by atoms with Crippen molar-refractivity contribution in [2.24, 2.45) is 0 Å². The van der Waals surface area contributed by atoms with Crippen LogP contribution < -0.4 is 5.32 Å². The second-order valence-corrected chi connectivity index (χ2v) is 5.22. The van der Waals surface area contributed by atoms with Crippen LogP contribution in [0.25, 0.3) is 0 Å². The molecular formula is C15H25FN2O. The first-order valence-corrected chi connectivity index (χ1v) is 6.70. The number of ether oxygens (including phenoxy) is 1. The lowest BCUT2D eigenvalue weighted by atomic mass is 10.1. The van der Waals surface area contributed by atoms with Crippen molar-refractivity contribution in [1.82, 2.24) is 10.2 Å². The van der Waals surface area contributed by atoms with Crippen molar-refractivity contribution in [2.45, 2.75) is 32.5 Å². The van der Waals surface area contributed by atoms with Crippen molar-refractivity contribution in [3.05, 3.63) is 35.6 Å². The Morgan fingerprint density at radius 1 is 1.37 bits per heavy atom. The fourth-order valence-electron chi connectivity index (χ4n) is 1.96. The number of likely N-dealkylation sites (N-methyl/N-ethyl adjacent to an activating group) is 1. The summed E-state index contributed by atoms with van der Waals surface area (Å²) >= 11 is 0. The van der Waals surface area contributed by atoms with Gasteiger partial charge in [-0.15, -0.1) is 0 Å². The van der Waals surface area contributed by atoms with E-state index in [1.54, 1.807) is 19.2 Å². The molecule has 3 nitrogen and oxygen atoms in total. The van der Waals surface area contributed by atoms with Crippen LogP contribution in [0.2, 0.25) is 0 Å². The van der Waals surface area contributed by atoms with Gasteiger partial charge in [-0.05, 0) is 24.7 Å². The number of rotatable bonds is 8. The number of benzene rings is 1. The van der Waals surface area contributed by atoms with Crippen LogP contribution >= 0.6 is 0 Å². The molecule has 1 unspecified atom stereocenters. The SMILES string of the molecule is COCC(CNC(C)C)N(C)Cc1cccc(F)c1. The maximum Gasteiger partial charge on any atom is 0.123 e. The Morgan fingerprint density at radius 2 is 2.11 bits per heavy atom. The number of nitrogens with zero attached hydrogens (tertiary/aromatic N) is 1. The minimum atomic E-state index is -0.186. The molecule has 0 radical (unpaired) electrons. The molecule has 1 aromatic rings. The van der Waals surface area contributed by atoms with E-state index < -0.39 is 0 Å². The fourth-order valence-corrected chi connectivity index (χ4v) is 1.96. The summed E-state index contributed by atoms with van der Waals surface area (Å²) in [5, 5.41) is 3.41. The molecule has 1 N–H and O–H groups in total. The molecule has 19 heavy (non-hydrogen) atoms. The van der Waals surface area contributed by atoms with Crippen LogP contribution in [0.3, 0.4) is 0 Å². The van der Waals surface area contributed by atoms with E-state index in [9.17, 15) is 4.39 Å². The first-order chi connectivity index (χ1) is 9.02. The molecule has 4 heteroatoms. The van der Waals surface area contributed by atoms with Crippen LogP contribution in [0.1, 0.15) is 19.4 Å². The summed E-state index contributed by atoms with van der Waals surface area (Å²) in [6.07, 6.45) is 0. The van der Waals surface area contributed by atoms with Gasteiger partial charge in [-0.25, -0.2) is 4.39 Å². The first-order valence-electron chi connectivity index (χ1n) is 6.70. The van der Waals surface area contributed by atoms with Crippen molar-refractivity contribution < 1.29 is 9.13 Å². The third-order valence-corrected chi connectivity index (χ3v) is 3.07. The van der Waals surface area contributed by atoms with E-state index in [-0.39, 0.29) is 11.9 Å². The highest BCUT2D eigenvalue weighted by atomic mass is 19.1. The van der Waals surface area contributed by atoms with Crippen LogP contribution in [0.15, 0.2) is 24.3 Å². The molecule has 0 aliphatic rings. The normalized spacial score (nSPS) is 13.2. The van der Waals surface area contributed by atoms with Crippen molar-refractivity contribution >= 4 is 0 Å². The van der Waals surface area contributed by atoms with E-state index in [0.717, 1.165) is 12.1 Å². The Morgan fingerprint density at radius 3 is 2.68 bits per heavy atom. The van der Waals surface area contributed by atoms with Crippen LogP contribution in [-0.4, -0.2) is 44.3 Å². The van der Waals surface area contributed by atoms with E-state index in [4.69, 9.17) is 4.74 Å². The summed E-state index contributed by atoms with van der Waals surface area (Å²) in [6.45, 7) is 6.47. The van der Waals surface area contributed by atoms with Gasteiger partial charge in [-0.3, -0.25) is 4.90 Å². The Bertz CT molecular complexity index is 371. The van der Waals surface area contributed by atoms with Gasteiger partial charge in [-0.1, -0.05) is 26.0 Å². The maximum absolute atomic E-state index is 13.2. The summed E-state index contributed by atoms with van der Waals surface area (Å²) in [6, 6.07) is 7.46. The van der Waals surface area contributed by atoms with Gasteiger partial charge in [0.05, 0.1) is 6.61 Å². The molecule has 1 rings (SSSR count). The Labute approximate surface area is 115 Å².